The molecular weight excluding hydrogens is 398 g/mol. The highest BCUT2D eigenvalue weighted by Gasteiger charge is 2.30. The van der Waals surface area contributed by atoms with Crippen molar-refractivity contribution in [3.05, 3.63) is 30.2 Å². The molecule has 1 atom stereocenters. The van der Waals surface area contributed by atoms with Gasteiger partial charge < -0.3 is 10.3 Å². The number of fused-ring (bicyclic) bond motifs is 1. The normalized spacial score (nSPS) is 12.7. The zero-order valence-electron chi connectivity index (χ0n) is 15.0. The van der Waals surface area contributed by atoms with Crippen LogP contribution >= 0.6 is 22.7 Å². The van der Waals surface area contributed by atoms with Gasteiger partial charge in [0.2, 0.25) is 0 Å². The topological polar surface area (TPSA) is 89.9 Å². The van der Waals surface area contributed by atoms with E-state index in [4.69, 9.17) is 10.7 Å². The van der Waals surface area contributed by atoms with E-state index in [0.717, 1.165) is 55.0 Å². The largest absolute Gasteiger partial charge is 0.393 e. The monoisotopic (exact) mass is 418 g/mol. The summed E-state index contributed by atoms with van der Waals surface area (Å²) in [5.74, 6) is 0.730. The predicted octanol–water partition coefficient (Wildman–Crippen LogP) is 4.65. The fourth-order valence-corrected chi connectivity index (χ4v) is 6.35. The Morgan fingerprint density at radius 3 is 2.89 bits per heavy atom. The van der Waals surface area contributed by atoms with Gasteiger partial charge in [0.25, 0.3) is 4.21 Å². The molecule has 0 fully saturated rings. The van der Waals surface area contributed by atoms with Crippen LogP contribution in [0, 0.1) is 0 Å². The Labute approximate surface area is 168 Å². The summed E-state index contributed by atoms with van der Waals surface area (Å²) in [5.41, 5.74) is 9.89. The van der Waals surface area contributed by atoms with E-state index in [9.17, 15) is 4.55 Å². The molecule has 0 saturated carbocycles. The molecule has 3 N–H and O–H groups in total. The van der Waals surface area contributed by atoms with Crippen LogP contribution in [0.25, 0.3) is 32.2 Å². The number of hydrogen-bond donors (Lipinski definition) is 2. The number of nitrogen functional groups attached to an aromatic ring is 1. The van der Waals surface area contributed by atoms with E-state index in [1.807, 2.05) is 29.3 Å². The number of hydrogen-bond acceptors (Lipinski definition) is 7. The van der Waals surface area contributed by atoms with Crippen molar-refractivity contribution in [2.24, 2.45) is 7.05 Å². The zero-order valence-corrected chi connectivity index (χ0v) is 17.5. The number of aromatic nitrogens is 4. The molecule has 0 bridgehead atoms. The third-order valence-electron chi connectivity index (χ3n) is 4.31. The summed E-state index contributed by atoms with van der Waals surface area (Å²) in [7, 11) is 1.96. The van der Waals surface area contributed by atoms with Crippen LogP contribution in [0.1, 0.15) is 19.8 Å². The van der Waals surface area contributed by atoms with Gasteiger partial charge in [-0.15, -0.1) is 11.3 Å². The molecule has 0 amide bonds. The highest BCUT2D eigenvalue weighted by Crippen LogP contribution is 2.43. The van der Waals surface area contributed by atoms with E-state index < -0.39 is 11.2 Å². The Bertz CT molecular complexity index is 1070. The van der Waals surface area contributed by atoms with Crippen LogP contribution in [0.4, 0.5) is 5.69 Å². The van der Waals surface area contributed by atoms with Crippen LogP contribution in [-0.4, -0.2) is 29.8 Å². The van der Waals surface area contributed by atoms with E-state index in [1.165, 1.54) is 11.3 Å². The van der Waals surface area contributed by atoms with Gasteiger partial charge in [-0.2, -0.15) is 4.55 Å². The highest BCUT2D eigenvalue weighted by molar-refractivity contribution is 7.93. The van der Waals surface area contributed by atoms with Crippen LogP contribution in [-0.2, 0) is 18.2 Å². The predicted molar refractivity (Wildman–Crippen MR) is 115 cm³/mol. The zero-order chi connectivity index (χ0) is 19.0. The van der Waals surface area contributed by atoms with Crippen molar-refractivity contribution in [2.45, 2.75) is 24.0 Å². The van der Waals surface area contributed by atoms with Gasteiger partial charge in [0.05, 0.1) is 18.2 Å². The van der Waals surface area contributed by atoms with Crippen LogP contribution < -0.4 is 5.73 Å². The summed E-state index contributed by atoms with van der Waals surface area (Å²) in [6.45, 7) is 2.12. The standard InChI is InChI=1S/C18H20N5OS3/c1-3-4-7-27(24)18-15(19)14-11(13-9-20-10-23(13)2)8-12(22-17(14)26-18)16-21-5-6-25-16/h5-6,8-10,24H,3-4,7,19H2,1-2H3/q+1. The molecule has 4 rings (SSSR count). The van der Waals surface area contributed by atoms with Gasteiger partial charge in [-0.1, -0.05) is 24.7 Å². The molecule has 0 aliphatic carbocycles. The Hall–Kier alpha value is -1.94. The summed E-state index contributed by atoms with van der Waals surface area (Å²) < 4.78 is 13.5. The smallest absolute Gasteiger partial charge is 0.269 e. The van der Waals surface area contributed by atoms with Crippen LogP contribution in [0.15, 0.2) is 34.4 Å². The van der Waals surface area contributed by atoms with Crippen molar-refractivity contribution < 1.29 is 4.55 Å². The van der Waals surface area contributed by atoms with Crippen LogP contribution in [0.5, 0.6) is 0 Å². The average molecular weight is 419 g/mol. The average Bonchev–Trinajstić information content (AvgIpc) is 3.39. The molecule has 140 valence electrons. The number of thiophene rings is 1. The first-order valence-corrected chi connectivity index (χ1v) is 11.6. The molecule has 4 aromatic heterocycles. The number of thiazole rings is 1. The second-order valence-corrected chi connectivity index (χ2v) is 9.89. The molecule has 9 heteroatoms. The maximum atomic E-state index is 10.7. The summed E-state index contributed by atoms with van der Waals surface area (Å²) in [5, 5.41) is 3.69. The Morgan fingerprint density at radius 1 is 1.37 bits per heavy atom. The fourth-order valence-electron chi connectivity index (χ4n) is 2.93. The number of imidazole rings is 1. The van der Waals surface area contributed by atoms with Crippen molar-refractivity contribution >= 4 is 49.8 Å². The number of rotatable bonds is 6. The van der Waals surface area contributed by atoms with E-state index in [2.05, 4.69) is 16.9 Å². The molecule has 4 aromatic rings. The van der Waals surface area contributed by atoms with Crippen molar-refractivity contribution in [2.75, 3.05) is 11.5 Å². The van der Waals surface area contributed by atoms with Crippen LogP contribution in [0.2, 0.25) is 0 Å². The molecule has 27 heavy (non-hydrogen) atoms. The first-order valence-electron chi connectivity index (χ1n) is 8.59. The number of nitrogens with two attached hydrogens (primary N) is 1. The molecule has 0 aliphatic heterocycles. The Balaban J connectivity index is 1.95. The molecule has 6 nitrogen and oxygen atoms in total. The molecular formula is C18H20N5OS3+. The maximum absolute atomic E-state index is 10.7. The second kappa shape index (κ2) is 7.59. The molecule has 0 aliphatic rings. The van der Waals surface area contributed by atoms with Gasteiger partial charge in [-0.25, -0.2) is 15.0 Å². The Morgan fingerprint density at radius 2 is 2.22 bits per heavy atom. The summed E-state index contributed by atoms with van der Waals surface area (Å²) in [6.07, 6.45) is 7.39. The number of pyridine rings is 1. The lowest BCUT2D eigenvalue weighted by atomic mass is 10.1. The fraction of sp³-hybridized carbons (Fsp3) is 0.278. The molecule has 0 spiro atoms. The minimum Gasteiger partial charge on any atom is -0.393 e. The minimum absolute atomic E-state index is 0.631. The molecule has 0 aromatic carbocycles. The van der Waals surface area contributed by atoms with Crippen molar-refractivity contribution in [1.82, 2.24) is 19.5 Å². The van der Waals surface area contributed by atoms with Gasteiger partial charge in [0.15, 0.2) is 11.2 Å². The first kappa shape index (κ1) is 18.4. The molecule has 4 heterocycles. The quantitative estimate of drug-likeness (QED) is 0.445. The van der Waals surface area contributed by atoms with Crippen molar-refractivity contribution in [3.8, 4) is 22.0 Å². The maximum Gasteiger partial charge on any atom is 0.269 e. The van der Waals surface area contributed by atoms with E-state index in [-0.39, 0.29) is 0 Å². The summed E-state index contributed by atoms with van der Waals surface area (Å²) in [4.78, 5) is 14.3. The van der Waals surface area contributed by atoms with Gasteiger partial charge in [-0.3, -0.25) is 0 Å². The number of nitrogens with zero attached hydrogens (tertiary/aromatic N) is 4. The number of aryl methyl sites for hydroxylation is 1. The SMILES string of the molecule is CCCC[S+](O)c1sc2nc(-c3nccs3)cc(-c3cncn3C)c2c1N. The van der Waals surface area contributed by atoms with Gasteiger partial charge in [0, 0.05) is 29.6 Å². The third kappa shape index (κ3) is 3.36. The lowest BCUT2D eigenvalue weighted by Gasteiger charge is -2.07. The second-order valence-electron chi connectivity index (χ2n) is 6.19. The Kier molecular flexibility index (Phi) is 5.18. The van der Waals surface area contributed by atoms with E-state index in [1.54, 1.807) is 23.9 Å². The van der Waals surface area contributed by atoms with Crippen LogP contribution in [0.3, 0.4) is 0 Å². The van der Waals surface area contributed by atoms with Gasteiger partial charge >= 0.3 is 0 Å². The van der Waals surface area contributed by atoms with Gasteiger partial charge in [0.1, 0.15) is 27.0 Å². The molecule has 0 saturated heterocycles. The minimum atomic E-state index is -0.863. The molecule has 0 radical (unpaired) electrons. The summed E-state index contributed by atoms with van der Waals surface area (Å²) in [6, 6.07) is 2.02. The van der Waals surface area contributed by atoms with E-state index >= 15 is 0 Å². The lowest BCUT2D eigenvalue weighted by molar-refractivity contribution is 0.636. The van der Waals surface area contributed by atoms with Crippen molar-refractivity contribution in [1.29, 1.82) is 0 Å². The lowest BCUT2D eigenvalue weighted by Crippen LogP contribution is -2.06. The number of anilines is 1. The van der Waals surface area contributed by atoms with Gasteiger partial charge in [-0.05, 0) is 12.5 Å². The molecule has 1 unspecified atom stereocenters. The highest BCUT2D eigenvalue weighted by atomic mass is 32.2. The van der Waals surface area contributed by atoms with Crippen molar-refractivity contribution in [3.63, 3.8) is 0 Å². The number of unbranched alkanes of at least 4 members (excludes halogenated alkanes) is 1. The summed E-state index contributed by atoms with van der Waals surface area (Å²) >= 11 is 2.17. The third-order valence-corrected chi connectivity index (χ3v) is 8.15. The van der Waals surface area contributed by atoms with E-state index in [0.29, 0.717) is 5.69 Å². The first-order chi connectivity index (χ1) is 13.1.